The summed E-state index contributed by atoms with van der Waals surface area (Å²) in [5, 5.41) is 22.5. The molecule has 0 aliphatic heterocycles. The van der Waals surface area contributed by atoms with Crippen molar-refractivity contribution in [3.63, 3.8) is 0 Å². The minimum absolute atomic E-state index is 0.0674. The number of halogens is 1. The molecule has 2 aromatic carbocycles. The molecule has 0 bridgehead atoms. The molecule has 0 saturated heterocycles. The van der Waals surface area contributed by atoms with E-state index in [2.05, 4.69) is 31.8 Å². The van der Waals surface area contributed by atoms with Crippen LogP contribution in [0, 0.1) is 6.92 Å². The minimum Gasteiger partial charge on any atom is -0.359 e. The first-order valence-corrected chi connectivity index (χ1v) is 9.81. The molecule has 2 aromatic heterocycles. The molecular formula is C19H19ClN6S. The maximum Gasteiger partial charge on any atom is 0.206 e. The highest BCUT2D eigenvalue weighted by Gasteiger charge is 2.11. The molecule has 138 valence electrons. The van der Waals surface area contributed by atoms with Gasteiger partial charge in [-0.15, -0.1) is 10.2 Å². The Morgan fingerprint density at radius 2 is 2.07 bits per heavy atom. The molecule has 0 aliphatic rings. The van der Waals surface area contributed by atoms with Crippen molar-refractivity contribution in [2.24, 2.45) is 5.73 Å². The van der Waals surface area contributed by atoms with Gasteiger partial charge in [0.2, 0.25) is 5.13 Å². The van der Waals surface area contributed by atoms with E-state index in [1.807, 2.05) is 43.3 Å². The van der Waals surface area contributed by atoms with Crippen molar-refractivity contribution >= 4 is 39.0 Å². The maximum absolute atomic E-state index is 6.23. The molecule has 0 aliphatic carbocycles. The fourth-order valence-electron chi connectivity index (χ4n) is 2.92. The van der Waals surface area contributed by atoms with Crippen molar-refractivity contribution < 1.29 is 0 Å². The van der Waals surface area contributed by atoms with Gasteiger partial charge in [0.1, 0.15) is 5.01 Å². The van der Waals surface area contributed by atoms with E-state index in [0.717, 1.165) is 42.9 Å². The van der Waals surface area contributed by atoms with Crippen LogP contribution in [0.1, 0.15) is 11.3 Å². The summed E-state index contributed by atoms with van der Waals surface area (Å²) >= 11 is 7.71. The molecule has 2 heterocycles. The molecule has 1 atom stereocenters. The van der Waals surface area contributed by atoms with Gasteiger partial charge in [-0.1, -0.05) is 41.1 Å². The number of nitrogens with one attached hydrogen (secondary N) is 2. The summed E-state index contributed by atoms with van der Waals surface area (Å²) < 4.78 is 0. The molecule has 0 radical (unpaired) electrons. The lowest BCUT2D eigenvalue weighted by Gasteiger charge is -2.12. The van der Waals surface area contributed by atoms with Gasteiger partial charge in [0, 0.05) is 34.3 Å². The van der Waals surface area contributed by atoms with Crippen molar-refractivity contribution in [3.8, 4) is 10.6 Å². The molecule has 0 spiro atoms. The van der Waals surface area contributed by atoms with Gasteiger partial charge in [0.05, 0.1) is 5.52 Å². The van der Waals surface area contributed by atoms with Crippen LogP contribution in [0.25, 0.3) is 21.5 Å². The van der Waals surface area contributed by atoms with E-state index in [-0.39, 0.29) is 6.04 Å². The van der Waals surface area contributed by atoms with E-state index >= 15 is 0 Å². The number of benzene rings is 2. The first-order valence-electron chi connectivity index (χ1n) is 8.61. The number of anilines is 1. The highest BCUT2D eigenvalue weighted by atomic mass is 35.5. The third kappa shape index (κ3) is 3.95. The Morgan fingerprint density at radius 3 is 2.93 bits per heavy atom. The number of hydrogen-bond donors (Lipinski definition) is 3. The Morgan fingerprint density at radius 1 is 1.22 bits per heavy atom. The van der Waals surface area contributed by atoms with Crippen LogP contribution >= 0.6 is 22.9 Å². The summed E-state index contributed by atoms with van der Waals surface area (Å²) in [5.41, 5.74) is 10.3. The van der Waals surface area contributed by atoms with E-state index in [0.29, 0.717) is 13.0 Å². The fourth-order valence-corrected chi connectivity index (χ4v) is 3.88. The van der Waals surface area contributed by atoms with Crippen LogP contribution in [0.2, 0.25) is 5.02 Å². The van der Waals surface area contributed by atoms with Crippen molar-refractivity contribution in [1.29, 1.82) is 0 Å². The average molecular weight is 399 g/mol. The van der Waals surface area contributed by atoms with Crippen LogP contribution in [0.4, 0.5) is 5.13 Å². The van der Waals surface area contributed by atoms with Crippen LogP contribution in [-0.4, -0.2) is 33.0 Å². The van der Waals surface area contributed by atoms with Gasteiger partial charge in [-0.3, -0.25) is 5.10 Å². The van der Waals surface area contributed by atoms with E-state index in [4.69, 9.17) is 17.3 Å². The lowest BCUT2D eigenvalue weighted by Crippen LogP contribution is -2.31. The van der Waals surface area contributed by atoms with Crippen LogP contribution < -0.4 is 11.1 Å². The zero-order chi connectivity index (χ0) is 18.8. The predicted molar refractivity (Wildman–Crippen MR) is 111 cm³/mol. The van der Waals surface area contributed by atoms with E-state index in [9.17, 15) is 0 Å². The van der Waals surface area contributed by atoms with Gasteiger partial charge < -0.3 is 11.1 Å². The molecule has 0 amide bonds. The predicted octanol–water partition coefficient (Wildman–Crippen LogP) is 4.03. The number of rotatable bonds is 6. The van der Waals surface area contributed by atoms with E-state index in [1.165, 1.54) is 11.3 Å². The van der Waals surface area contributed by atoms with Crippen LogP contribution in [-0.2, 0) is 6.42 Å². The number of fused-ring (bicyclic) bond motifs is 1. The van der Waals surface area contributed by atoms with Gasteiger partial charge in [0.15, 0.2) is 0 Å². The Labute approximate surface area is 165 Å². The molecule has 4 aromatic rings. The van der Waals surface area contributed by atoms with Gasteiger partial charge in [-0.2, -0.15) is 5.10 Å². The van der Waals surface area contributed by atoms with Crippen molar-refractivity contribution in [2.45, 2.75) is 19.4 Å². The van der Waals surface area contributed by atoms with Crippen molar-refractivity contribution in [1.82, 2.24) is 20.4 Å². The SMILES string of the molecule is Cc1[nH]nc2ccc(-c3nnc(NC[C@H](N)Cc4ccccc4Cl)s3)cc12. The second-order valence-electron chi connectivity index (χ2n) is 6.43. The Hall–Kier alpha value is -2.48. The molecular weight excluding hydrogens is 380 g/mol. The fraction of sp³-hybridized carbons (Fsp3) is 0.211. The molecule has 0 saturated carbocycles. The molecule has 4 N–H and O–H groups in total. The maximum atomic E-state index is 6.23. The van der Waals surface area contributed by atoms with Crippen LogP contribution in [0.15, 0.2) is 42.5 Å². The molecule has 0 fully saturated rings. The number of nitrogens with zero attached hydrogens (tertiary/aromatic N) is 3. The Balaban J connectivity index is 1.41. The summed E-state index contributed by atoms with van der Waals surface area (Å²) in [6.45, 7) is 2.60. The van der Waals surface area contributed by atoms with Crippen molar-refractivity contribution in [2.75, 3.05) is 11.9 Å². The minimum atomic E-state index is -0.0674. The van der Waals surface area contributed by atoms with Crippen molar-refractivity contribution in [3.05, 3.63) is 58.7 Å². The van der Waals surface area contributed by atoms with Crippen LogP contribution in [0.3, 0.4) is 0 Å². The second-order valence-corrected chi connectivity index (χ2v) is 7.81. The number of nitrogens with two attached hydrogens (primary N) is 1. The normalized spacial score (nSPS) is 12.4. The summed E-state index contributed by atoms with van der Waals surface area (Å²) in [6.07, 6.45) is 0.703. The highest BCUT2D eigenvalue weighted by Crippen LogP contribution is 2.29. The number of aromatic nitrogens is 4. The monoisotopic (exact) mass is 398 g/mol. The van der Waals surface area contributed by atoms with E-state index in [1.54, 1.807) is 0 Å². The zero-order valence-corrected chi connectivity index (χ0v) is 16.3. The second kappa shape index (κ2) is 7.64. The van der Waals surface area contributed by atoms with Crippen LogP contribution in [0.5, 0.6) is 0 Å². The average Bonchev–Trinajstić information content (AvgIpc) is 3.29. The Bertz CT molecular complexity index is 1070. The van der Waals surface area contributed by atoms with E-state index < -0.39 is 0 Å². The number of aryl methyl sites for hydroxylation is 1. The third-order valence-electron chi connectivity index (χ3n) is 4.37. The molecule has 6 nitrogen and oxygen atoms in total. The summed E-state index contributed by atoms with van der Waals surface area (Å²) in [7, 11) is 0. The zero-order valence-electron chi connectivity index (χ0n) is 14.7. The smallest absolute Gasteiger partial charge is 0.206 e. The summed E-state index contributed by atoms with van der Waals surface area (Å²) in [5.74, 6) is 0. The molecule has 27 heavy (non-hydrogen) atoms. The lowest BCUT2D eigenvalue weighted by molar-refractivity contribution is 0.698. The van der Waals surface area contributed by atoms with Gasteiger partial charge in [0.25, 0.3) is 0 Å². The highest BCUT2D eigenvalue weighted by molar-refractivity contribution is 7.18. The quantitative estimate of drug-likeness (QED) is 0.456. The number of aromatic amines is 1. The first kappa shape index (κ1) is 17.9. The number of H-pyrrole nitrogens is 1. The Kier molecular flexibility index (Phi) is 5.07. The topological polar surface area (TPSA) is 92.5 Å². The largest absolute Gasteiger partial charge is 0.359 e. The van der Waals surface area contributed by atoms with Gasteiger partial charge in [-0.05, 0) is 43.2 Å². The van der Waals surface area contributed by atoms with Gasteiger partial charge in [-0.25, -0.2) is 0 Å². The molecule has 4 rings (SSSR count). The molecule has 8 heteroatoms. The summed E-state index contributed by atoms with van der Waals surface area (Å²) in [6, 6.07) is 13.8. The first-order chi connectivity index (χ1) is 13.1. The molecule has 0 unspecified atom stereocenters. The van der Waals surface area contributed by atoms with Gasteiger partial charge >= 0.3 is 0 Å². The summed E-state index contributed by atoms with van der Waals surface area (Å²) in [4.78, 5) is 0. The lowest BCUT2D eigenvalue weighted by atomic mass is 10.1. The standard InChI is InChI=1S/C19H19ClN6S/c1-11-15-9-13(6-7-17(15)24-23-11)18-25-26-19(27-18)22-10-14(21)8-12-4-2-3-5-16(12)20/h2-7,9,14H,8,10,21H2,1H3,(H,22,26)(H,23,24)/t14-/m1/s1. The third-order valence-corrected chi connectivity index (χ3v) is 5.67. The number of hydrogen-bond acceptors (Lipinski definition) is 6.